The van der Waals surface area contributed by atoms with Gasteiger partial charge in [0.1, 0.15) is 0 Å². The molecular weight excluding hydrogens is 256 g/mol. The highest BCUT2D eigenvalue weighted by molar-refractivity contribution is 4.58. The van der Waals surface area contributed by atoms with Crippen molar-refractivity contribution in [1.82, 2.24) is 0 Å². The second-order valence-electron chi connectivity index (χ2n) is 4.71. The van der Waals surface area contributed by atoms with Gasteiger partial charge in [-0.1, -0.05) is 13.8 Å². The van der Waals surface area contributed by atoms with Gasteiger partial charge in [0.2, 0.25) is 0 Å². The summed E-state index contributed by atoms with van der Waals surface area (Å²) in [5.74, 6) is -0.715. The van der Waals surface area contributed by atoms with E-state index in [0.717, 1.165) is 12.8 Å². The maximum atomic E-state index is 5.40. The third kappa shape index (κ3) is 10.6. The van der Waals surface area contributed by atoms with E-state index >= 15 is 0 Å². The zero-order chi connectivity index (χ0) is 16.1. The molecule has 0 heterocycles. The predicted octanol–water partition coefficient (Wildman–Crippen LogP) is 4.37. The molecule has 0 aliphatic heterocycles. The second-order valence-corrected chi connectivity index (χ2v) is 4.71. The summed E-state index contributed by atoms with van der Waals surface area (Å²) < 4.78 is 21.6. The lowest BCUT2D eigenvalue weighted by Crippen LogP contribution is -2.31. The molecule has 0 aromatic rings. The van der Waals surface area contributed by atoms with Gasteiger partial charge in [-0.25, -0.2) is 0 Å². The number of hydrogen-bond donors (Lipinski definition) is 0. The number of hydrogen-bond acceptors (Lipinski definition) is 4. The minimum atomic E-state index is -0.358. The maximum absolute atomic E-state index is 5.40. The summed E-state index contributed by atoms with van der Waals surface area (Å²) in [5.41, 5.74) is 0. The molecule has 4 nitrogen and oxygen atoms in total. The van der Waals surface area contributed by atoms with E-state index < -0.39 is 0 Å². The van der Waals surface area contributed by atoms with Gasteiger partial charge in [-0.2, -0.15) is 0 Å². The van der Waals surface area contributed by atoms with Crippen LogP contribution < -0.4 is 0 Å². The maximum Gasteiger partial charge on any atom is 0.165 e. The van der Waals surface area contributed by atoms with Gasteiger partial charge in [-0.05, 0) is 54.4 Å². The smallest absolute Gasteiger partial charge is 0.165 e. The molecule has 0 rings (SSSR count). The highest BCUT2D eigenvalue weighted by atomic mass is 16.7. The monoisotopic (exact) mass is 292 g/mol. The summed E-state index contributed by atoms with van der Waals surface area (Å²) in [7, 11) is 0. The van der Waals surface area contributed by atoms with E-state index in [0.29, 0.717) is 26.4 Å². The molecule has 0 unspecified atom stereocenters. The highest BCUT2D eigenvalue weighted by Crippen LogP contribution is 2.16. The lowest BCUT2D eigenvalue weighted by atomic mass is 10.2. The van der Waals surface area contributed by atoms with E-state index in [1.165, 1.54) is 0 Å². The van der Waals surface area contributed by atoms with Crippen LogP contribution in [0.4, 0.5) is 0 Å². The Morgan fingerprint density at radius 2 is 0.700 bits per heavy atom. The van der Waals surface area contributed by atoms with E-state index in [4.69, 9.17) is 18.9 Å². The fourth-order valence-corrected chi connectivity index (χ4v) is 1.71. The first-order chi connectivity index (χ1) is 9.36. The Kier molecular flexibility index (Phi) is 13.9. The summed E-state index contributed by atoms with van der Waals surface area (Å²) in [6, 6.07) is 0. The Bertz CT molecular complexity index is 173. The summed E-state index contributed by atoms with van der Waals surface area (Å²) in [6.45, 7) is 18.8. The van der Waals surface area contributed by atoms with E-state index in [-0.39, 0.29) is 11.6 Å². The minimum Gasteiger partial charge on any atom is -0.351 e. The van der Waals surface area contributed by atoms with Crippen LogP contribution in [0.25, 0.3) is 0 Å². The van der Waals surface area contributed by atoms with Crippen LogP contribution in [-0.2, 0) is 18.9 Å². The predicted molar refractivity (Wildman–Crippen MR) is 83.9 cm³/mol. The van der Waals surface area contributed by atoms with Gasteiger partial charge in [0, 0.05) is 26.4 Å². The summed E-state index contributed by atoms with van der Waals surface area (Å²) in [6.07, 6.45) is 1.80. The second kappa shape index (κ2) is 12.6. The van der Waals surface area contributed by atoms with Crippen molar-refractivity contribution in [2.75, 3.05) is 26.4 Å². The van der Waals surface area contributed by atoms with Crippen molar-refractivity contribution in [2.24, 2.45) is 0 Å². The first-order valence-electron chi connectivity index (χ1n) is 7.92. The molecule has 0 aliphatic carbocycles. The van der Waals surface area contributed by atoms with Crippen molar-refractivity contribution in [3.63, 3.8) is 0 Å². The van der Waals surface area contributed by atoms with Gasteiger partial charge in [0.25, 0.3) is 0 Å². The van der Waals surface area contributed by atoms with Gasteiger partial charge in [0.15, 0.2) is 11.6 Å². The van der Waals surface area contributed by atoms with Crippen LogP contribution in [0, 0.1) is 0 Å². The molecule has 0 amide bonds. The molecule has 0 aromatic heterocycles. The van der Waals surface area contributed by atoms with Crippen molar-refractivity contribution >= 4 is 0 Å². The fourth-order valence-electron chi connectivity index (χ4n) is 1.71. The topological polar surface area (TPSA) is 36.9 Å². The lowest BCUT2D eigenvalue weighted by molar-refractivity contribution is -0.222. The Hall–Kier alpha value is -0.160. The normalized spacial score (nSPS) is 12.0. The summed E-state index contributed by atoms with van der Waals surface area (Å²) >= 11 is 0. The molecule has 0 fully saturated rings. The third-order valence-electron chi connectivity index (χ3n) is 3.08. The zero-order valence-electron chi connectivity index (χ0n) is 14.9. The van der Waals surface area contributed by atoms with Crippen LogP contribution in [0.3, 0.4) is 0 Å². The Balaban J connectivity index is 0. The van der Waals surface area contributed by atoms with Crippen LogP contribution >= 0.6 is 0 Å². The molecule has 0 radical (unpaired) electrons. The van der Waals surface area contributed by atoms with E-state index in [2.05, 4.69) is 13.8 Å². The van der Waals surface area contributed by atoms with E-state index in [9.17, 15) is 0 Å². The molecule has 124 valence electrons. The van der Waals surface area contributed by atoms with E-state index in [1.807, 2.05) is 41.5 Å². The minimum absolute atomic E-state index is 0.358. The van der Waals surface area contributed by atoms with Gasteiger partial charge < -0.3 is 18.9 Å². The average molecular weight is 292 g/mol. The van der Waals surface area contributed by atoms with Gasteiger partial charge in [-0.3, -0.25) is 0 Å². The summed E-state index contributed by atoms with van der Waals surface area (Å²) in [4.78, 5) is 0. The Morgan fingerprint density at radius 3 is 0.800 bits per heavy atom. The number of rotatable bonds is 10. The Morgan fingerprint density at radius 1 is 0.500 bits per heavy atom. The van der Waals surface area contributed by atoms with Gasteiger partial charge >= 0.3 is 0 Å². The van der Waals surface area contributed by atoms with Crippen LogP contribution in [0.2, 0.25) is 0 Å². The van der Waals surface area contributed by atoms with Gasteiger partial charge in [0.05, 0.1) is 0 Å². The van der Waals surface area contributed by atoms with Crippen molar-refractivity contribution in [2.45, 2.75) is 79.8 Å². The molecule has 0 saturated heterocycles. The SMILES string of the molecule is CCOC(C)(CC)OCC.CCOC(C)(CC)OCC. The third-order valence-corrected chi connectivity index (χ3v) is 3.08. The molecule has 0 bridgehead atoms. The van der Waals surface area contributed by atoms with Crippen molar-refractivity contribution in [3.05, 3.63) is 0 Å². The van der Waals surface area contributed by atoms with Crippen LogP contribution in [-0.4, -0.2) is 38.0 Å². The molecule has 0 aliphatic rings. The van der Waals surface area contributed by atoms with Crippen molar-refractivity contribution in [3.8, 4) is 0 Å². The molecule has 0 saturated carbocycles. The first-order valence-corrected chi connectivity index (χ1v) is 7.92. The van der Waals surface area contributed by atoms with Crippen LogP contribution in [0.5, 0.6) is 0 Å². The molecule has 0 N–H and O–H groups in total. The standard InChI is InChI=1S/2C8H18O2/c2*1-5-8(4,9-6-2)10-7-3/h2*5-7H2,1-4H3. The lowest BCUT2D eigenvalue weighted by Gasteiger charge is -2.27. The quantitative estimate of drug-likeness (QED) is 0.560. The Labute approximate surface area is 126 Å². The highest BCUT2D eigenvalue weighted by Gasteiger charge is 2.21. The molecule has 20 heavy (non-hydrogen) atoms. The van der Waals surface area contributed by atoms with Crippen molar-refractivity contribution in [1.29, 1.82) is 0 Å². The number of ether oxygens (including phenoxy) is 4. The van der Waals surface area contributed by atoms with E-state index in [1.54, 1.807) is 0 Å². The summed E-state index contributed by atoms with van der Waals surface area (Å²) in [5, 5.41) is 0. The molecule has 0 atom stereocenters. The first kappa shape index (κ1) is 22.1. The van der Waals surface area contributed by atoms with Crippen LogP contribution in [0.1, 0.15) is 68.2 Å². The van der Waals surface area contributed by atoms with Crippen LogP contribution in [0.15, 0.2) is 0 Å². The fraction of sp³-hybridized carbons (Fsp3) is 1.00. The molecule has 0 aromatic carbocycles. The largest absolute Gasteiger partial charge is 0.351 e. The molecule has 4 heteroatoms. The molecule has 0 spiro atoms. The van der Waals surface area contributed by atoms with Gasteiger partial charge in [-0.15, -0.1) is 0 Å². The zero-order valence-corrected chi connectivity index (χ0v) is 14.9. The average Bonchev–Trinajstić information content (AvgIpc) is 2.41. The van der Waals surface area contributed by atoms with Crippen molar-refractivity contribution < 1.29 is 18.9 Å². The molecular formula is C16H36O4.